The van der Waals surface area contributed by atoms with Crippen molar-refractivity contribution in [1.82, 2.24) is 9.80 Å². The molecular weight excluding hydrogens is 476 g/mol. The normalized spacial score (nSPS) is 21.5. The molecule has 3 aromatic carbocycles. The fourth-order valence-electron chi connectivity index (χ4n) is 6.34. The van der Waals surface area contributed by atoms with Crippen molar-refractivity contribution in [2.45, 2.75) is 36.5 Å². The lowest BCUT2D eigenvalue weighted by Crippen LogP contribution is -2.45. The first-order valence-electron chi connectivity index (χ1n) is 13.4. The van der Waals surface area contributed by atoms with Gasteiger partial charge in [-0.1, -0.05) is 78.9 Å². The number of thioether (sulfide) groups is 1. The molecule has 2 aliphatic heterocycles. The second-order valence-corrected chi connectivity index (χ2v) is 12.1. The van der Waals surface area contributed by atoms with E-state index in [1.54, 1.807) is 0 Å². The zero-order valence-corrected chi connectivity index (χ0v) is 23.0. The number of ether oxygens (including phenoxy) is 1. The summed E-state index contributed by atoms with van der Waals surface area (Å²) in [6, 6.07) is 30.0. The Labute approximate surface area is 226 Å². The highest BCUT2D eigenvalue weighted by molar-refractivity contribution is 8.00. The fourth-order valence-corrected chi connectivity index (χ4v) is 7.92. The summed E-state index contributed by atoms with van der Waals surface area (Å²) < 4.78 is 6.25. The van der Waals surface area contributed by atoms with Gasteiger partial charge in [-0.05, 0) is 50.4 Å². The van der Waals surface area contributed by atoms with Gasteiger partial charge in [0.15, 0.2) is 0 Å². The van der Waals surface area contributed by atoms with Gasteiger partial charge in [0.1, 0.15) is 11.9 Å². The number of para-hydroxylation sites is 1. The SMILES string of the molecule is CC(CN(C)C)Oc1ccccc1CC(=O)N1CC2SCCC(c3ccccc3)(c3ccccc3)C2C1. The van der Waals surface area contributed by atoms with Gasteiger partial charge in [0.25, 0.3) is 0 Å². The van der Waals surface area contributed by atoms with Crippen LogP contribution in [-0.2, 0) is 16.6 Å². The molecule has 0 radical (unpaired) electrons. The molecule has 194 valence electrons. The lowest BCUT2D eigenvalue weighted by atomic mass is 9.63. The molecule has 0 bridgehead atoms. The van der Waals surface area contributed by atoms with Crippen molar-refractivity contribution in [3.8, 4) is 5.75 Å². The number of carbonyl (C=O) groups excluding carboxylic acids is 1. The summed E-state index contributed by atoms with van der Waals surface area (Å²) in [5.74, 6) is 2.50. The van der Waals surface area contributed by atoms with Crippen LogP contribution in [0.5, 0.6) is 5.75 Å². The van der Waals surface area contributed by atoms with E-state index in [4.69, 9.17) is 4.74 Å². The molecule has 0 spiro atoms. The molecule has 2 aliphatic rings. The second kappa shape index (κ2) is 11.3. The Morgan fingerprint density at radius 3 is 2.24 bits per heavy atom. The molecular formula is C32H38N2O2S. The Morgan fingerprint density at radius 1 is 0.973 bits per heavy atom. The Hall–Kier alpha value is -2.76. The van der Waals surface area contributed by atoms with Crippen LogP contribution in [0.2, 0.25) is 0 Å². The number of hydrogen-bond donors (Lipinski definition) is 0. The van der Waals surface area contributed by atoms with Crippen LogP contribution in [0.25, 0.3) is 0 Å². The number of amides is 1. The van der Waals surface area contributed by atoms with Gasteiger partial charge in [0, 0.05) is 41.8 Å². The second-order valence-electron chi connectivity index (χ2n) is 10.7. The molecule has 2 heterocycles. The van der Waals surface area contributed by atoms with Crippen molar-refractivity contribution in [3.05, 3.63) is 102 Å². The molecule has 2 saturated heterocycles. The Kier molecular flexibility index (Phi) is 7.92. The van der Waals surface area contributed by atoms with Crippen LogP contribution in [0.3, 0.4) is 0 Å². The number of rotatable bonds is 8. The van der Waals surface area contributed by atoms with Gasteiger partial charge in [-0.2, -0.15) is 11.8 Å². The predicted octanol–water partition coefficient (Wildman–Crippen LogP) is 5.51. The van der Waals surface area contributed by atoms with E-state index in [0.717, 1.165) is 43.1 Å². The van der Waals surface area contributed by atoms with Gasteiger partial charge >= 0.3 is 0 Å². The zero-order valence-electron chi connectivity index (χ0n) is 22.2. The minimum atomic E-state index is -0.0733. The van der Waals surface area contributed by atoms with E-state index in [2.05, 4.69) is 77.4 Å². The molecule has 3 unspecified atom stereocenters. The van der Waals surface area contributed by atoms with Crippen LogP contribution < -0.4 is 4.74 Å². The van der Waals surface area contributed by atoms with Gasteiger partial charge in [0.2, 0.25) is 5.91 Å². The maximum atomic E-state index is 13.7. The van der Waals surface area contributed by atoms with Crippen LogP contribution >= 0.6 is 11.8 Å². The maximum Gasteiger partial charge on any atom is 0.227 e. The summed E-state index contributed by atoms with van der Waals surface area (Å²) in [5.41, 5.74) is 3.65. The summed E-state index contributed by atoms with van der Waals surface area (Å²) in [6.07, 6.45) is 1.52. The van der Waals surface area contributed by atoms with Crippen molar-refractivity contribution in [2.24, 2.45) is 5.92 Å². The zero-order chi connectivity index (χ0) is 25.8. The highest BCUT2D eigenvalue weighted by Gasteiger charge is 2.52. The van der Waals surface area contributed by atoms with Crippen LogP contribution in [0.1, 0.15) is 30.0 Å². The number of likely N-dealkylation sites (tertiary alicyclic amines) is 1. The fraction of sp³-hybridized carbons (Fsp3) is 0.406. The number of carbonyl (C=O) groups is 1. The van der Waals surface area contributed by atoms with Crippen molar-refractivity contribution in [3.63, 3.8) is 0 Å². The summed E-state index contributed by atoms with van der Waals surface area (Å²) in [7, 11) is 4.09. The highest BCUT2D eigenvalue weighted by Crippen LogP contribution is 2.53. The molecule has 3 aromatic rings. The van der Waals surface area contributed by atoms with Crippen LogP contribution in [0.4, 0.5) is 0 Å². The van der Waals surface area contributed by atoms with E-state index in [-0.39, 0.29) is 17.4 Å². The molecule has 2 fully saturated rings. The minimum absolute atomic E-state index is 0.0506. The monoisotopic (exact) mass is 514 g/mol. The lowest BCUT2D eigenvalue weighted by molar-refractivity contribution is -0.129. The first kappa shape index (κ1) is 25.9. The lowest BCUT2D eigenvalue weighted by Gasteiger charge is -2.46. The Bertz CT molecular complexity index is 1140. The quantitative estimate of drug-likeness (QED) is 0.397. The number of benzene rings is 3. The first-order chi connectivity index (χ1) is 18.0. The van der Waals surface area contributed by atoms with Crippen LogP contribution in [-0.4, -0.2) is 66.5 Å². The third-order valence-corrected chi connectivity index (χ3v) is 9.27. The van der Waals surface area contributed by atoms with Crippen LogP contribution in [0.15, 0.2) is 84.9 Å². The summed E-state index contributed by atoms with van der Waals surface area (Å²) in [6.45, 7) is 4.51. The number of hydrogen-bond acceptors (Lipinski definition) is 4. The minimum Gasteiger partial charge on any atom is -0.489 e. The summed E-state index contributed by atoms with van der Waals surface area (Å²) >= 11 is 2.05. The highest BCUT2D eigenvalue weighted by atomic mass is 32.2. The van der Waals surface area contributed by atoms with E-state index in [0.29, 0.717) is 17.6 Å². The van der Waals surface area contributed by atoms with Gasteiger partial charge in [-0.15, -0.1) is 0 Å². The topological polar surface area (TPSA) is 32.8 Å². The molecule has 1 amide bonds. The van der Waals surface area contributed by atoms with Crippen LogP contribution in [0, 0.1) is 5.92 Å². The third kappa shape index (κ3) is 5.44. The van der Waals surface area contributed by atoms with E-state index in [9.17, 15) is 4.79 Å². The molecule has 0 aromatic heterocycles. The maximum absolute atomic E-state index is 13.7. The number of nitrogens with zero attached hydrogens (tertiary/aromatic N) is 2. The third-order valence-electron chi connectivity index (χ3n) is 7.92. The van der Waals surface area contributed by atoms with E-state index in [1.165, 1.54) is 11.1 Å². The Morgan fingerprint density at radius 2 is 1.59 bits per heavy atom. The average Bonchev–Trinajstić information content (AvgIpc) is 3.35. The average molecular weight is 515 g/mol. The number of likely N-dealkylation sites (N-methyl/N-ethyl adjacent to an activating group) is 1. The molecule has 3 atom stereocenters. The largest absolute Gasteiger partial charge is 0.489 e. The summed E-state index contributed by atoms with van der Waals surface area (Å²) in [4.78, 5) is 17.9. The molecule has 5 heteroatoms. The number of fused-ring (bicyclic) bond motifs is 1. The van der Waals surface area contributed by atoms with Crippen molar-refractivity contribution < 1.29 is 9.53 Å². The predicted molar refractivity (Wildman–Crippen MR) is 153 cm³/mol. The van der Waals surface area contributed by atoms with E-state index < -0.39 is 0 Å². The summed E-state index contributed by atoms with van der Waals surface area (Å²) in [5, 5.41) is 0.435. The van der Waals surface area contributed by atoms with E-state index in [1.807, 2.05) is 50.1 Å². The first-order valence-corrected chi connectivity index (χ1v) is 14.4. The van der Waals surface area contributed by atoms with Crippen molar-refractivity contribution in [1.29, 1.82) is 0 Å². The van der Waals surface area contributed by atoms with E-state index >= 15 is 0 Å². The van der Waals surface area contributed by atoms with Gasteiger partial charge in [-0.25, -0.2) is 0 Å². The van der Waals surface area contributed by atoms with Gasteiger partial charge in [-0.3, -0.25) is 4.79 Å². The van der Waals surface area contributed by atoms with Gasteiger partial charge < -0.3 is 14.5 Å². The van der Waals surface area contributed by atoms with Crippen molar-refractivity contribution >= 4 is 17.7 Å². The van der Waals surface area contributed by atoms with Crippen molar-refractivity contribution in [2.75, 3.05) is 39.5 Å². The molecule has 5 rings (SSSR count). The molecule has 0 N–H and O–H groups in total. The standard InChI is InChI=1S/C32H38N2O2S/c1-24(21-33(2)3)36-29-17-11-10-12-25(29)20-31(35)34-22-28-30(23-34)37-19-18-32(28,26-13-6-4-7-14-26)27-15-8-5-9-16-27/h4-17,24,28,30H,18-23H2,1-3H3. The molecule has 4 nitrogen and oxygen atoms in total. The smallest absolute Gasteiger partial charge is 0.227 e. The Balaban J connectivity index is 1.38. The molecule has 0 aliphatic carbocycles. The van der Waals surface area contributed by atoms with Gasteiger partial charge in [0.05, 0.1) is 6.42 Å². The molecule has 0 saturated carbocycles. The molecule has 37 heavy (non-hydrogen) atoms.